The normalized spacial score (nSPS) is 33.8. The van der Waals surface area contributed by atoms with Gasteiger partial charge in [-0.05, 0) is 155 Å². The molecule has 2 aromatic rings. The van der Waals surface area contributed by atoms with Gasteiger partial charge in [-0.25, -0.2) is 4.68 Å². The second kappa shape index (κ2) is 14.6. The number of carboxylic acid groups (broad SMARTS) is 1. The van der Waals surface area contributed by atoms with Crippen molar-refractivity contribution >= 4 is 17.7 Å². The fraction of sp³-hybridized carbons (Fsp3) is 0.694. The molecule has 4 fully saturated rings. The average Bonchev–Trinajstić information content (AvgIpc) is 3.61. The van der Waals surface area contributed by atoms with E-state index in [4.69, 9.17) is 4.74 Å². The number of ether oxygens (including phenoxy) is 1. The Morgan fingerprint density at radius 2 is 1.64 bits per heavy atom. The highest BCUT2D eigenvalue weighted by atomic mass is 16.5. The maximum Gasteiger partial charge on any atom is 0.309 e. The molecule has 5 aliphatic rings. The molecule has 1 heterocycles. The zero-order valence-corrected chi connectivity index (χ0v) is 37.5. The molecule has 59 heavy (non-hydrogen) atoms. The summed E-state index contributed by atoms with van der Waals surface area (Å²) < 4.78 is 10.1. The van der Waals surface area contributed by atoms with E-state index in [9.17, 15) is 29.5 Å². The lowest BCUT2D eigenvalue weighted by molar-refractivity contribution is -0.232. The monoisotopic (exact) mass is 809 g/mol. The molecule has 10 nitrogen and oxygen atoms in total. The molecule has 0 saturated heterocycles. The third-order valence-corrected chi connectivity index (χ3v) is 17.4. The zero-order valence-electron chi connectivity index (χ0n) is 37.5. The molecule has 8 atom stereocenters. The molecule has 4 saturated carbocycles. The first-order valence-electron chi connectivity index (χ1n) is 22.2. The fourth-order valence-corrected chi connectivity index (χ4v) is 14.4. The lowest BCUT2D eigenvalue weighted by Gasteiger charge is -2.72. The van der Waals surface area contributed by atoms with Gasteiger partial charge >= 0.3 is 11.9 Å². The van der Waals surface area contributed by atoms with E-state index in [0.717, 1.165) is 62.6 Å². The highest BCUT2D eigenvalue weighted by Gasteiger charge is 2.71. The summed E-state index contributed by atoms with van der Waals surface area (Å²) in [4.78, 5) is 54.2. The van der Waals surface area contributed by atoms with Gasteiger partial charge in [-0.15, -0.1) is 0 Å². The smallest absolute Gasteiger partial charge is 0.309 e. The summed E-state index contributed by atoms with van der Waals surface area (Å²) in [6.07, 6.45) is 7.53. The summed E-state index contributed by atoms with van der Waals surface area (Å²) in [6, 6.07) is 9.42. The van der Waals surface area contributed by atoms with Crippen LogP contribution in [0.25, 0.3) is 5.69 Å². The predicted molar refractivity (Wildman–Crippen MR) is 228 cm³/mol. The number of hydrogen-bond acceptors (Lipinski definition) is 7. The van der Waals surface area contributed by atoms with Crippen molar-refractivity contribution < 1.29 is 24.2 Å². The summed E-state index contributed by atoms with van der Waals surface area (Å²) in [5.41, 5.74) is 3.02. The topological polar surface area (TPSA) is 143 Å². The van der Waals surface area contributed by atoms with Gasteiger partial charge in [0.15, 0.2) is 5.78 Å². The number of rotatable bonds is 10. The van der Waals surface area contributed by atoms with Crippen molar-refractivity contribution in [1.29, 1.82) is 5.26 Å². The summed E-state index contributed by atoms with van der Waals surface area (Å²) in [5, 5.41) is 22.5. The molecule has 1 aromatic heterocycles. The highest BCUT2D eigenvalue weighted by molar-refractivity contribution is 6.02. The fourth-order valence-electron chi connectivity index (χ4n) is 14.4. The molecule has 1 aromatic carbocycles. The van der Waals surface area contributed by atoms with Crippen LogP contribution in [0.4, 0.5) is 0 Å². The number of nitriles is 1. The van der Waals surface area contributed by atoms with E-state index in [2.05, 4.69) is 64.5 Å². The van der Waals surface area contributed by atoms with Crippen molar-refractivity contribution in [3.05, 3.63) is 62.6 Å². The standard InChI is InChI=1S/C49H68N4O6/c1-29(2)39-34(54)26-49(41-30(3)42(56)53(52(41)25-24-51-11)32-14-12-31(28-50)13-15-32)23-22-47(9)33(40(39)49)16-17-36-46(8)20-19-37(59-38(55)27-44(4,5)43(57)58)45(6,7)35(46)18-21-48(36,47)10/h12-15,29,33,35-37,51H,16-27H2,1-11H3,(H,57,58)/t33-,35+,36-,37+,46+,47-,48-,49-/m1/s1. The van der Waals surface area contributed by atoms with E-state index in [1.165, 1.54) is 5.57 Å². The van der Waals surface area contributed by atoms with E-state index in [1.807, 2.05) is 26.1 Å². The second-order valence-corrected chi connectivity index (χ2v) is 21.5. The number of aromatic nitrogens is 2. The zero-order chi connectivity index (χ0) is 43.2. The number of nitrogens with zero attached hydrogens (tertiary/aromatic N) is 3. The minimum Gasteiger partial charge on any atom is -0.481 e. The number of carbonyl (C=O) groups is 3. The second-order valence-electron chi connectivity index (χ2n) is 21.5. The first kappa shape index (κ1) is 43.1. The van der Waals surface area contributed by atoms with E-state index in [0.29, 0.717) is 48.2 Å². The number of carbonyl (C=O) groups excluding carboxylic acids is 2. The van der Waals surface area contributed by atoms with Crippen LogP contribution in [0.15, 0.2) is 40.2 Å². The highest BCUT2D eigenvalue weighted by Crippen LogP contribution is 2.77. The Kier molecular flexibility index (Phi) is 10.7. The van der Waals surface area contributed by atoms with Gasteiger partial charge in [-0.2, -0.15) is 5.26 Å². The molecule has 0 unspecified atom stereocenters. The first-order valence-corrected chi connectivity index (χ1v) is 22.2. The number of nitrogens with one attached hydrogen (secondary N) is 1. The molecule has 10 heteroatoms. The Hall–Kier alpha value is -3.97. The SMILES string of the molecule is CNCCn1c([C@@]23CC[C@]4(C)[C@H](CC[C@@H]5[C@@]6(C)CC[C@H](OC(=O)CC(C)(C)C(=O)O)C(C)(C)[C@@H]6CC[C@]54C)C2=C(C(C)C)C(=O)C3)c(C)c(=O)n1-c1ccc(C#N)cc1. The van der Waals surface area contributed by atoms with Gasteiger partial charge in [0, 0.05) is 29.4 Å². The van der Waals surface area contributed by atoms with Gasteiger partial charge in [0.05, 0.1) is 41.4 Å². The van der Waals surface area contributed by atoms with Gasteiger partial charge in [-0.1, -0.05) is 48.5 Å². The molecule has 5 aliphatic carbocycles. The average molecular weight is 809 g/mol. The van der Waals surface area contributed by atoms with Crippen molar-refractivity contribution in [2.24, 2.45) is 50.7 Å². The number of Topliss-reactive ketones (excluding diaryl/α,β-unsaturated/α-hetero) is 1. The van der Waals surface area contributed by atoms with Crippen LogP contribution in [0.1, 0.15) is 143 Å². The predicted octanol–water partition coefficient (Wildman–Crippen LogP) is 8.68. The van der Waals surface area contributed by atoms with Gasteiger partial charge in [0.1, 0.15) is 6.10 Å². The van der Waals surface area contributed by atoms with Crippen molar-refractivity contribution in [3.8, 4) is 11.8 Å². The third-order valence-electron chi connectivity index (χ3n) is 17.4. The van der Waals surface area contributed by atoms with Gasteiger partial charge < -0.3 is 15.2 Å². The van der Waals surface area contributed by atoms with Crippen molar-refractivity contribution in [2.75, 3.05) is 13.6 Å². The maximum atomic E-state index is 14.6. The largest absolute Gasteiger partial charge is 0.481 e. The van der Waals surface area contributed by atoms with Gasteiger partial charge in [0.2, 0.25) is 0 Å². The molecular weight excluding hydrogens is 741 g/mol. The third kappa shape index (κ3) is 6.25. The Morgan fingerprint density at radius 1 is 0.966 bits per heavy atom. The van der Waals surface area contributed by atoms with Gasteiger partial charge in [0.25, 0.3) is 5.56 Å². The van der Waals surface area contributed by atoms with E-state index in [-0.39, 0.29) is 57.4 Å². The lowest BCUT2D eigenvalue weighted by atomic mass is 9.33. The number of allylic oxidation sites excluding steroid dienone is 2. The number of hydrogen-bond donors (Lipinski definition) is 2. The molecule has 0 amide bonds. The Labute approximate surface area is 351 Å². The van der Waals surface area contributed by atoms with E-state index in [1.54, 1.807) is 30.7 Å². The minimum absolute atomic E-state index is 0.00554. The van der Waals surface area contributed by atoms with E-state index >= 15 is 0 Å². The van der Waals surface area contributed by atoms with Crippen molar-refractivity contribution in [2.45, 2.75) is 152 Å². The minimum atomic E-state index is -1.19. The molecule has 0 bridgehead atoms. The maximum absolute atomic E-state index is 14.6. The number of esters is 1. The Bertz CT molecular complexity index is 2180. The molecular formula is C49H68N4O6. The number of carboxylic acids is 1. The van der Waals surface area contributed by atoms with Crippen LogP contribution in [0, 0.1) is 69.0 Å². The van der Waals surface area contributed by atoms with Gasteiger partial charge in [-0.3, -0.25) is 23.9 Å². The number of benzene rings is 1. The van der Waals surface area contributed by atoms with Crippen LogP contribution < -0.4 is 10.9 Å². The molecule has 7 rings (SSSR count). The van der Waals surface area contributed by atoms with Crippen LogP contribution >= 0.6 is 0 Å². The summed E-state index contributed by atoms with van der Waals surface area (Å²) in [7, 11) is 1.92. The Morgan fingerprint density at radius 3 is 2.25 bits per heavy atom. The Balaban J connectivity index is 1.28. The van der Waals surface area contributed by atoms with Crippen LogP contribution in [-0.4, -0.2) is 51.9 Å². The van der Waals surface area contributed by atoms with Crippen LogP contribution in [-0.2, 0) is 31.1 Å². The molecule has 320 valence electrons. The summed E-state index contributed by atoms with van der Waals surface area (Å²) >= 11 is 0. The van der Waals surface area contributed by atoms with Crippen molar-refractivity contribution in [1.82, 2.24) is 14.7 Å². The summed E-state index contributed by atoms with van der Waals surface area (Å²) in [5.74, 6) is -0.191. The first-order chi connectivity index (χ1) is 27.6. The number of fused-ring (bicyclic) bond motifs is 7. The number of aliphatic carboxylic acids is 1. The molecule has 0 aliphatic heterocycles. The number of likely N-dealkylation sites (N-methyl/N-ethyl adjacent to an activating group) is 1. The van der Waals surface area contributed by atoms with Crippen molar-refractivity contribution in [3.63, 3.8) is 0 Å². The van der Waals surface area contributed by atoms with Crippen LogP contribution in [0.5, 0.6) is 0 Å². The molecule has 0 spiro atoms. The lowest BCUT2D eigenvalue weighted by Crippen LogP contribution is -2.66. The van der Waals surface area contributed by atoms with Crippen LogP contribution in [0.3, 0.4) is 0 Å². The molecule has 2 N–H and O–H groups in total. The van der Waals surface area contributed by atoms with Crippen LogP contribution in [0.2, 0.25) is 0 Å². The quantitative estimate of drug-likeness (QED) is 0.227. The van der Waals surface area contributed by atoms with E-state index < -0.39 is 22.8 Å². The molecule has 0 radical (unpaired) electrons. The summed E-state index contributed by atoms with van der Waals surface area (Å²) in [6.45, 7) is 22.8. The number of ketones is 1.